The first-order valence-corrected chi connectivity index (χ1v) is 12.9. The van der Waals surface area contributed by atoms with Gasteiger partial charge >= 0.3 is 6.03 Å². The Balaban J connectivity index is 1.46. The summed E-state index contributed by atoms with van der Waals surface area (Å²) >= 11 is 5.86. The third-order valence-electron chi connectivity index (χ3n) is 5.71. The first-order valence-electron chi connectivity index (χ1n) is 10.6. The van der Waals surface area contributed by atoms with E-state index in [-0.39, 0.29) is 10.8 Å². The molecule has 0 aromatic heterocycles. The molecular formula is C25H24ClN3O4S. The molecule has 0 aliphatic heterocycles. The van der Waals surface area contributed by atoms with Gasteiger partial charge in [-0.05, 0) is 73.4 Å². The average Bonchev–Trinajstić information content (AvgIpc) is 3.56. The molecule has 1 aliphatic carbocycles. The molecule has 9 heteroatoms. The van der Waals surface area contributed by atoms with Crippen LogP contribution in [0.25, 0.3) is 11.1 Å². The van der Waals surface area contributed by atoms with E-state index < -0.39 is 21.4 Å². The van der Waals surface area contributed by atoms with Crippen LogP contribution in [0.2, 0.25) is 5.02 Å². The molecule has 1 fully saturated rings. The minimum Gasteiger partial charge on any atom is -0.324 e. The van der Waals surface area contributed by atoms with E-state index in [0.717, 1.165) is 11.1 Å². The Morgan fingerprint density at radius 1 is 0.941 bits per heavy atom. The molecule has 1 saturated carbocycles. The lowest BCUT2D eigenvalue weighted by molar-refractivity contribution is -0.118. The van der Waals surface area contributed by atoms with Crippen molar-refractivity contribution in [3.05, 3.63) is 77.3 Å². The third kappa shape index (κ3) is 5.24. The molecule has 3 aromatic carbocycles. The zero-order valence-electron chi connectivity index (χ0n) is 18.7. The molecule has 3 N–H and O–H groups in total. The van der Waals surface area contributed by atoms with E-state index in [4.69, 9.17) is 11.6 Å². The molecule has 0 spiro atoms. The monoisotopic (exact) mass is 497 g/mol. The van der Waals surface area contributed by atoms with Crippen molar-refractivity contribution >= 4 is 44.8 Å². The summed E-state index contributed by atoms with van der Waals surface area (Å²) in [7, 11) is -3.39. The normalized spacial score (nSPS) is 14.2. The van der Waals surface area contributed by atoms with Crippen molar-refractivity contribution < 1.29 is 18.0 Å². The summed E-state index contributed by atoms with van der Waals surface area (Å²) < 4.78 is 24.3. The molecule has 0 bridgehead atoms. The SMILES string of the molecule is Cc1cc(-c2ccccc2S(C)(=O)=O)ccc1NC(=O)C1(NC(=O)Nc2ccc(Cl)cc2)CC1. The van der Waals surface area contributed by atoms with Crippen molar-refractivity contribution in [2.24, 2.45) is 0 Å². The number of benzene rings is 3. The van der Waals surface area contributed by atoms with Gasteiger partial charge in [-0.1, -0.05) is 35.9 Å². The van der Waals surface area contributed by atoms with Gasteiger partial charge in [0.25, 0.3) is 0 Å². The number of amides is 3. The lowest BCUT2D eigenvalue weighted by Crippen LogP contribution is -2.47. The number of sulfone groups is 1. The van der Waals surface area contributed by atoms with E-state index in [1.165, 1.54) is 6.26 Å². The highest BCUT2D eigenvalue weighted by atomic mass is 35.5. The number of urea groups is 1. The van der Waals surface area contributed by atoms with Gasteiger partial charge in [-0.2, -0.15) is 0 Å². The molecule has 0 saturated heterocycles. The number of hydrogen-bond acceptors (Lipinski definition) is 4. The van der Waals surface area contributed by atoms with Crippen LogP contribution in [-0.4, -0.2) is 32.2 Å². The standard InChI is InChI=1S/C25H24ClN3O4S/c1-16-15-17(20-5-3-4-6-22(20)34(2,32)33)7-12-21(16)28-23(30)25(13-14-25)29-24(31)27-19-10-8-18(26)9-11-19/h3-12,15H,13-14H2,1-2H3,(H,28,30)(H2,27,29,31). The second-order valence-corrected chi connectivity index (χ2v) is 10.8. The van der Waals surface area contributed by atoms with Gasteiger partial charge in [0.2, 0.25) is 5.91 Å². The highest BCUT2D eigenvalue weighted by Gasteiger charge is 2.51. The summed E-state index contributed by atoms with van der Waals surface area (Å²) in [6.45, 7) is 1.84. The number of nitrogens with one attached hydrogen (secondary N) is 3. The van der Waals surface area contributed by atoms with Crippen LogP contribution < -0.4 is 16.0 Å². The fourth-order valence-electron chi connectivity index (χ4n) is 3.69. The van der Waals surface area contributed by atoms with Gasteiger partial charge in [-0.15, -0.1) is 0 Å². The molecule has 1 aliphatic rings. The van der Waals surface area contributed by atoms with E-state index in [1.807, 2.05) is 13.0 Å². The fourth-order valence-corrected chi connectivity index (χ4v) is 4.73. The van der Waals surface area contributed by atoms with Gasteiger partial charge in [0.15, 0.2) is 9.84 Å². The Hall–Kier alpha value is -3.36. The Kier molecular flexibility index (Phi) is 6.38. The molecule has 7 nitrogen and oxygen atoms in total. The fraction of sp³-hybridized carbons (Fsp3) is 0.200. The maximum Gasteiger partial charge on any atom is 0.320 e. The summed E-state index contributed by atoms with van der Waals surface area (Å²) in [5.74, 6) is -0.300. The van der Waals surface area contributed by atoms with Crippen molar-refractivity contribution in [2.45, 2.75) is 30.2 Å². The molecule has 34 heavy (non-hydrogen) atoms. The lowest BCUT2D eigenvalue weighted by atomic mass is 10.0. The predicted octanol–water partition coefficient (Wildman–Crippen LogP) is 5.01. The van der Waals surface area contributed by atoms with E-state index >= 15 is 0 Å². The van der Waals surface area contributed by atoms with Gasteiger partial charge in [0.1, 0.15) is 5.54 Å². The van der Waals surface area contributed by atoms with Crippen molar-refractivity contribution in [1.82, 2.24) is 5.32 Å². The van der Waals surface area contributed by atoms with E-state index in [2.05, 4.69) is 16.0 Å². The molecular weight excluding hydrogens is 474 g/mol. The van der Waals surface area contributed by atoms with Gasteiger partial charge < -0.3 is 16.0 Å². The minimum atomic E-state index is -3.39. The molecule has 176 valence electrons. The smallest absolute Gasteiger partial charge is 0.320 e. The molecule has 0 atom stereocenters. The third-order valence-corrected chi connectivity index (χ3v) is 7.12. The minimum absolute atomic E-state index is 0.249. The molecule has 0 heterocycles. The summed E-state index contributed by atoms with van der Waals surface area (Å²) in [6.07, 6.45) is 2.25. The highest BCUT2D eigenvalue weighted by molar-refractivity contribution is 7.90. The molecule has 4 rings (SSSR count). The van der Waals surface area contributed by atoms with Crippen molar-refractivity contribution in [2.75, 3.05) is 16.9 Å². The zero-order chi connectivity index (χ0) is 24.5. The Labute approximate surface area is 203 Å². The maximum absolute atomic E-state index is 13.0. The van der Waals surface area contributed by atoms with Gasteiger partial charge in [0, 0.05) is 28.2 Å². The van der Waals surface area contributed by atoms with Crippen LogP contribution in [0.4, 0.5) is 16.2 Å². The van der Waals surface area contributed by atoms with Crippen molar-refractivity contribution in [3.63, 3.8) is 0 Å². The summed E-state index contributed by atoms with van der Waals surface area (Å²) in [5, 5.41) is 8.93. The van der Waals surface area contributed by atoms with Crippen LogP contribution in [0.3, 0.4) is 0 Å². The van der Waals surface area contributed by atoms with Crippen LogP contribution in [-0.2, 0) is 14.6 Å². The van der Waals surface area contributed by atoms with Crippen LogP contribution >= 0.6 is 11.6 Å². The van der Waals surface area contributed by atoms with Gasteiger partial charge in [0.05, 0.1) is 4.90 Å². The number of aryl methyl sites for hydroxylation is 1. The van der Waals surface area contributed by atoms with Crippen LogP contribution in [0.1, 0.15) is 18.4 Å². The average molecular weight is 498 g/mol. The predicted molar refractivity (Wildman–Crippen MR) is 134 cm³/mol. The summed E-state index contributed by atoms with van der Waals surface area (Å²) in [5.41, 5.74) is 2.30. The quantitative estimate of drug-likeness (QED) is 0.445. The topological polar surface area (TPSA) is 104 Å². The summed E-state index contributed by atoms with van der Waals surface area (Å²) in [4.78, 5) is 25.6. The first kappa shape index (κ1) is 23.8. The van der Waals surface area contributed by atoms with Crippen LogP contribution in [0.15, 0.2) is 71.6 Å². The zero-order valence-corrected chi connectivity index (χ0v) is 20.3. The van der Waals surface area contributed by atoms with Crippen LogP contribution in [0.5, 0.6) is 0 Å². The van der Waals surface area contributed by atoms with Gasteiger partial charge in [-0.25, -0.2) is 13.2 Å². The van der Waals surface area contributed by atoms with Crippen LogP contribution in [0, 0.1) is 6.92 Å². The molecule has 3 amide bonds. The van der Waals surface area contributed by atoms with E-state index in [9.17, 15) is 18.0 Å². The number of rotatable bonds is 6. The second-order valence-electron chi connectivity index (χ2n) is 8.42. The van der Waals surface area contributed by atoms with E-state index in [0.29, 0.717) is 34.8 Å². The number of carbonyl (C=O) groups excluding carboxylic acids is 2. The Morgan fingerprint density at radius 2 is 1.62 bits per heavy atom. The van der Waals surface area contributed by atoms with E-state index in [1.54, 1.807) is 60.7 Å². The largest absolute Gasteiger partial charge is 0.324 e. The molecule has 3 aromatic rings. The molecule has 0 unspecified atom stereocenters. The maximum atomic E-state index is 13.0. The number of carbonyl (C=O) groups is 2. The number of halogens is 1. The second kappa shape index (κ2) is 9.12. The first-order chi connectivity index (χ1) is 16.1. The number of hydrogen-bond donors (Lipinski definition) is 3. The molecule has 0 radical (unpaired) electrons. The van der Waals surface area contributed by atoms with Gasteiger partial charge in [-0.3, -0.25) is 4.79 Å². The van der Waals surface area contributed by atoms with Crippen molar-refractivity contribution in [1.29, 1.82) is 0 Å². The van der Waals surface area contributed by atoms with Crippen molar-refractivity contribution in [3.8, 4) is 11.1 Å². The highest BCUT2D eigenvalue weighted by Crippen LogP contribution is 2.37. The lowest BCUT2D eigenvalue weighted by Gasteiger charge is -2.19. The summed E-state index contributed by atoms with van der Waals surface area (Å²) in [6, 6.07) is 18.4. The Bertz CT molecular complexity index is 1370. The number of anilines is 2. The Morgan fingerprint density at radius 3 is 2.24 bits per heavy atom.